The molecular weight excluding hydrogens is 401 g/mol. The van der Waals surface area contributed by atoms with Crippen LogP contribution in [0.3, 0.4) is 0 Å². The molecule has 1 saturated carbocycles. The van der Waals surface area contributed by atoms with Gasteiger partial charge >= 0.3 is 0 Å². The van der Waals surface area contributed by atoms with E-state index < -0.39 is 0 Å². The lowest BCUT2D eigenvalue weighted by atomic mass is 10.1. The van der Waals surface area contributed by atoms with Gasteiger partial charge in [-0.2, -0.15) is 0 Å². The predicted octanol–water partition coefficient (Wildman–Crippen LogP) is 5.63. The smallest absolute Gasteiger partial charge is 0.247 e. The fraction of sp³-hybridized carbons (Fsp3) is 0.273. The molecule has 6 nitrogen and oxygen atoms in total. The molecule has 1 atom stereocenters. The molecule has 0 amide bonds. The molecule has 30 heavy (non-hydrogen) atoms. The van der Waals surface area contributed by atoms with Crippen LogP contribution < -0.4 is 0 Å². The maximum atomic E-state index is 14.3. The third kappa shape index (κ3) is 3.63. The molecule has 8 heteroatoms. The molecule has 1 aliphatic rings. The summed E-state index contributed by atoms with van der Waals surface area (Å²) in [5, 5.41) is 17.7. The van der Waals surface area contributed by atoms with Crippen LogP contribution in [0.5, 0.6) is 0 Å². The molecule has 4 aromatic rings. The molecule has 0 N–H and O–H groups in total. The van der Waals surface area contributed by atoms with Crippen LogP contribution in [0, 0.1) is 12.7 Å². The van der Waals surface area contributed by atoms with Gasteiger partial charge in [-0.05, 0) is 51.0 Å². The van der Waals surface area contributed by atoms with Gasteiger partial charge in [-0.1, -0.05) is 41.6 Å². The van der Waals surface area contributed by atoms with Gasteiger partial charge in [0.05, 0.1) is 10.8 Å². The van der Waals surface area contributed by atoms with Gasteiger partial charge in [0.25, 0.3) is 0 Å². The highest BCUT2D eigenvalue weighted by Gasteiger charge is 2.32. The number of aromatic nitrogens is 5. The molecule has 2 aromatic heterocycles. The first-order valence-corrected chi connectivity index (χ1v) is 10.7. The zero-order chi connectivity index (χ0) is 20.7. The Hall–Kier alpha value is -3.00. The molecular formula is C22H20FN5OS. The quantitative estimate of drug-likeness (QED) is 0.376. The van der Waals surface area contributed by atoms with Crippen molar-refractivity contribution in [3.63, 3.8) is 0 Å². The fourth-order valence-corrected chi connectivity index (χ4v) is 4.30. The van der Waals surface area contributed by atoms with Crippen molar-refractivity contribution >= 4 is 11.8 Å². The van der Waals surface area contributed by atoms with Gasteiger partial charge in [-0.15, -0.1) is 20.4 Å². The minimum atomic E-state index is -0.295. The van der Waals surface area contributed by atoms with Crippen molar-refractivity contribution in [1.29, 1.82) is 0 Å². The van der Waals surface area contributed by atoms with Gasteiger partial charge in [0.2, 0.25) is 11.8 Å². The van der Waals surface area contributed by atoms with Gasteiger partial charge in [0, 0.05) is 11.6 Å². The minimum Gasteiger partial charge on any atom is -0.419 e. The number of halogens is 1. The molecule has 0 radical (unpaired) electrons. The third-order valence-corrected chi connectivity index (χ3v) is 6.07. The van der Waals surface area contributed by atoms with Crippen LogP contribution in [0.15, 0.2) is 58.1 Å². The molecule has 1 unspecified atom stereocenters. The van der Waals surface area contributed by atoms with Gasteiger partial charge in [-0.3, -0.25) is 4.57 Å². The standard InChI is InChI=1S/C22H20FN5OS/c1-13-6-5-7-15(12-13)21-26-25-20(29-21)14(2)30-22-27-24-19(28(22)16-10-11-16)17-8-3-4-9-18(17)23/h3-9,12,14,16H,10-11H2,1-2H3. The number of nitrogens with zero attached hydrogens (tertiary/aromatic N) is 5. The van der Waals surface area contributed by atoms with Crippen molar-refractivity contribution in [2.45, 2.75) is 43.1 Å². The van der Waals surface area contributed by atoms with Crippen LogP contribution in [-0.2, 0) is 0 Å². The predicted molar refractivity (Wildman–Crippen MR) is 112 cm³/mol. The largest absolute Gasteiger partial charge is 0.419 e. The molecule has 152 valence electrons. The van der Waals surface area contributed by atoms with E-state index in [1.165, 1.54) is 17.8 Å². The maximum Gasteiger partial charge on any atom is 0.247 e. The summed E-state index contributed by atoms with van der Waals surface area (Å²) in [6.45, 7) is 4.02. The van der Waals surface area contributed by atoms with Crippen LogP contribution in [0.1, 0.15) is 42.5 Å². The number of aryl methyl sites for hydroxylation is 1. The summed E-state index contributed by atoms with van der Waals surface area (Å²) in [5.41, 5.74) is 2.50. The molecule has 5 rings (SSSR count). The summed E-state index contributed by atoms with van der Waals surface area (Å²) >= 11 is 1.50. The van der Waals surface area contributed by atoms with E-state index in [0.29, 0.717) is 29.2 Å². The number of rotatable bonds is 6. The highest BCUT2D eigenvalue weighted by atomic mass is 32.2. The molecule has 0 saturated heterocycles. The number of hydrogen-bond acceptors (Lipinski definition) is 6. The summed E-state index contributed by atoms with van der Waals surface area (Å²) in [6, 6.07) is 14.9. The second-order valence-corrected chi connectivity index (χ2v) is 8.77. The van der Waals surface area contributed by atoms with Gasteiger partial charge in [0.1, 0.15) is 5.82 Å². The number of hydrogen-bond donors (Lipinski definition) is 0. The first-order valence-electron chi connectivity index (χ1n) is 9.87. The summed E-state index contributed by atoms with van der Waals surface area (Å²) in [7, 11) is 0. The zero-order valence-electron chi connectivity index (χ0n) is 16.6. The SMILES string of the molecule is Cc1cccc(-c2nnc(C(C)Sc3nnc(-c4ccccc4F)n3C3CC3)o2)c1. The zero-order valence-corrected chi connectivity index (χ0v) is 17.4. The van der Waals surface area contributed by atoms with Gasteiger partial charge in [-0.25, -0.2) is 4.39 Å². The topological polar surface area (TPSA) is 69.6 Å². The molecule has 0 spiro atoms. The average Bonchev–Trinajstić information content (AvgIpc) is 3.30. The van der Waals surface area contributed by atoms with E-state index in [2.05, 4.69) is 20.4 Å². The number of benzene rings is 2. The highest BCUT2D eigenvalue weighted by molar-refractivity contribution is 7.99. The monoisotopic (exact) mass is 421 g/mol. The van der Waals surface area contributed by atoms with Crippen molar-refractivity contribution in [1.82, 2.24) is 25.0 Å². The van der Waals surface area contributed by atoms with Crippen LogP contribution in [0.4, 0.5) is 4.39 Å². The van der Waals surface area contributed by atoms with Crippen molar-refractivity contribution in [2.24, 2.45) is 0 Å². The van der Waals surface area contributed by atoms with Crippen LogP contribution >= 0.6 is 11.8 Å². The van der Waals surface area contributed by atoms with E-state index in [-0.39, 0.29) is 11.1 Å². The molecule has 1 fully saturated rings. The van der Waals surface area contributed by atoms with Crippen molar-refractivity contribution in [3.8, 4) is 22.8 Å². The first-order chi connectivity index (χ1) is 14.6. The van der Waals surface area contributed by atoms with Crippen molar-refractivity contribution in [2.75, 3.05) is 0 Å². The summed E-state index contributed by atoms with van der Waals surface area (Å²) in [5.74, 6) is 1.29. The van der Waals surface area contributed by atoms with Crippen molar-refractivity contribution < 1.29 is 8.81 Å². The molecule has 0 bridgehead atoms. The van der Waals surface area contributed by atoms with Gasteiger partial charge in [0.15, 0.2) is 11.0 Å². The number of thioether (sulfide) groups is 1. The lowest BCUT2D eigenvalue weighted by Gasteiger charge is -2.11. The molecule has 2 heterocycles. The third-order valence-electron chi connectivity index (χ3n) is 5.03. The van der Waals surface area contributed by atoms with Crippen LogP contribution in [0.2, 0.25) is 0 Å². The minimum absolute atomic E-state index is 0.119. The Morgan fingerprint density at radius 2 is 1.90 bits per heavy atom. The maximum absolute atomic E-state index is 14.3. The summed E-state index contributed by atoms with van der Waals surface area (Å²) in [6.07, 6.45) is 2.08. The molecule has 1 aliphatic carbocycles. The Bertz CT molecular complexity index is 1200. The second-order valence-electron chi connectivity index (χ2n) is 7.46. The first kappa shape index (κ1) is 19.0. The second kappa shape index (κ2) is 7.68. The van der Waals surface area contributed by atoms with Crippen molar-refractivity contribution in [3.05, 3.63) is 65.8 Å². The Balaban J connectivity index is 1.42. The highest BCUT2D eigenvalue weighted by Crippen LogP contribution is 2.44. The van der Waals surface area contributed by atoms with E-state index in [4.69, 9.17) is 4.42 Å². The van der Waals surface area contributed by atoms with E-state index >= 15 is 0 Å². The van der Waals surface area contributed by atoms with E-state index in [9.17, 15) is 4.39 Å². The van der Waals surface area contributed by atoms with Crippen LogP contribution in [0.25, 0.3) is 22.8 Å². The average molecular weight is 422 g/mol. The lowest BCUT2D eigenvalue weighted by molar-refractivity contribution is 0.508. The van der Waals surface area contributed by atoms with E-state index in [1.54, 1.807) is 12.1 Å². The summed E-state index contributed by atoms with van der Waals surface area (Å²) in [4.78, 5) is 0. The van der Waals surface area contributed by atoms with Crippen LogP contribution in [-0.4, -0.2) is 25.0 Å². The lowest BCUT2D eigenvalue weighted by Crippen LogP contribution is -2.02. The molecule has 0 aliphatic heterocycles. The molecule has 2 aromatic carbocycles. The fourth-order valence-electron chi connectivity index (χ4n) is 3.35. The Morgan fingerprint density at radius 3 is 2.67 bits per heavy atom. The Morgan fingerprint density at radius 1 is 1.07 bits per heavy atom. The van der Waals surface area contributed by atoms with E-state index in [0.717, 1.165) is 29.1 Å². The Labute approximate surface area is 177 Å². The Kier molecular flexibility index (Phi) is 4.86. The normalized spacial score (nSPS) is 14.8. The summed E-state index contributed by atoms with van der Waals surface area (Å²) < 4.78 is 22.3. The van der Waals surface area contributed by atoms with E-state index in [1.807, 2.05) is 48.7 Å². The van der Waals surface area contributed by atoms with Gasteiger partial charge < -0.3 is 4.42 Å².